The number of para-hydroxylation sites is 3. The highest BCUT2D eigenvalue weighted by Crippen LogP contribution is 2.25. The predicted molar refractivity (Wildman–Crippen MR) is 118 cm³/mol. The van der Waals surface area contributed by atoms with Crippen molar-refractivity contribution in [2.45, 2.75) is 13.8 Å². The highest BCUT2D eigenvalue weighted by atomic mass is 15.3. The third-order valence-corrected chi connectivity index (χ3v) is 4.41. The van der Waals surface area contributed by atoms with Crippen LogP contribution in [0.25, 0.3) is 0 Å². The van der Waals surface area contributed by atoms with Gasteiger partial charge in [-0.25, -0.2) is 0 Å². The van der Waals surface area contributed by atoms with Crippen LogP contribution in [0.15, 0.2) is 78.9 Å². The Hall–Kier alpha value is -3.93. The molecule has 0 atom stereocenters. The number of rotatable bonds is 6. The van der Waals surface area contributed by atoms with Crippen molar-refractivity contribution in [3.8, 4) is 0 Å². The molecule has 0 saturated carbocycles. The average molecular weight is 382 g/mol. The van der Waals surface area contributed by atoms with Crippen LogP contribution >= 0.6 is 0 Å². The van der Waals surface area contributed by atoms with E-state index in [9.17, 15) is 0 Å². The first-order valence-electron chi connectivity index (χ1n) is 9.41. The fourth-order valence-electron chi connectivity index (χ4n) is 2.97. The van der Waals surface area contributed by atoms with Crippen LogP contribution < -0.4 is 16.0 Å². The van der Waals surface area contributed by atoms with E-state index in [1.807, 2.05) is 66.7 Å². The van der Waals surface area contributed by atoms with Gasteiger partial charge in [0.05, 0.1) is 0 Å². The van der Waals surface area contributed by atoms with Gasteiger partial charge in [0.2, 0.25) is 17.8 Å². The van der Waals surface area contributed by atoms with Crippen LogP contribution in [-0.4, -0.2) is 15.0 Å². The molecule has 3 N–H and O–H groups in total. The lowest BCUT2D eigenvalue weighted by Gasteiger charge is -2.14. The molecule has 0 spiro atoms. The molecular weight excluding hydrogens is 360 g/mol. The SMILES string of the molecule is Cc1cccc(C)c1Nc1nc(Nc2ccccc2)nc(Nc2ccccc2)n1. The second-order valence-electron chi connectivity index (χ2n) is 6.68. The highest BCUT2D eigenvalue weighted by molar-refractivity contribution is 5.65. The zero-order valence-electron chi connectivity index (χ0n) is 16.3. The zero-order valence-corrected chi connectivity index (χ0v) is 16.3. The second kappa shape index (κ2) is 8.39. The van der Waals surface area contributed by atoms with Crippen molar-refractivity contribution in [3.05, 3.63) is 90.0 Å². The molecule has 3 aromatic carbocycles. The van der Waals surface area contributed by atoms with E-state index in [2.05, 4.69) is 56.9 Å². The van der Waals surface area contributed by atoms with Crippen molar-refractivity contribution in [2.75, 3.05) is 16.0 Å². The van der Waals surface area contributed by atoms with E-state index in [1.54, 1.807) is 0 Å². The van der Waals surface area contributed by atoms with Gasteiger partial charge >= 0.3 is 0 Å². The number of benzene rings is 3. The number of hydrogen-bond acceptors (Lipinski definition) is 6. The first kappa shape index (κ1) is 18.4. The molecule has 4 rings (SSSR count). The molecule has 0 unspecified atom stereocenters. The van der Waals surface area contributed by atoms with Crippen LogP contribution in [0.2, 0.25) is 0 Å². The Morgan fingerprint density at radius 3 is 1.34 bits per heavy atom. The largest absolute Gasteiger partial charge is 0.324 e. The Bertz CT molecular complexity index is 1020. The van der Waals surface area contributed by atoms with E-state index >= 15 is 0 Å². The summed E-state index contributed by atoms with van der Waals surface area (Å²) in [6.07, 6.45) is 0. The van der Waals surface area contributed by atoms with Gasteiger partial charge in [-0.2, -0.15) is 15.0 Å². The Morgan fingerprint density at radius 2 is 0.897 bits per heavy atom. The van der Waals surface area contributed by atoms with Crippen molar-refractivity contribution in [1.82, 2.24) is 15.0 Å². The van der Waals surface area contributed by atoms with Gasteiger partial charge in [0.25, 0.3) is 0 Å². The number of aromatic nitrogens is 3. The van der Waals surface area contributed by atoms with Gasteiger partial charge in [0.1, 0.15) is 0 Å². The van der Waals surface area contributed by atoms with Crippen molar-refractivity contribution >= 4 is 34.9 Å². The lowest BCUT2D eigenvalue weighted by atomic mass is 10.1. The molecule has 144 valence electrons. The fourth-order valence-corrected chi connectivity index (χ4v) is 2.97. The molecule has 0 aliphatic rings. The van der Waals surface area contributed by atoms with Crippen LogP contribution in [0.4, 0.5) is 34.9 Å². The number of nitrogens with one attached hydrogen (secondary N) is 3. The topological polar surface area (TPSA) is 74.8 Å². The molecule has 0 fully saturated rings. The van der Waals surface area contributed by atoms with Gasteiger partial charge in [-0.15, -0.1) is 0 Å². The number of nitrogens with zero attached hydrogens (tertiary/aromatic N) is 3. The van der Waals surface area contributed by atoms with Gasteiger partial charge in [0.15, 0.2) is 0 Å². The van der Waals surface area contributed by atoms with Gasteiger partial charge in [-0.1, -0.05) is 54.6 Å². The summed E-state index contributed by atoms with van der Waals surface area (Å²) in [5.74, 6) is 1.38. The van der Waals surface area contributed by atoms with Crippen molar-refractivity contribution in [2.24, 2.45) is 0 Å². The van der Waals surface area contributed by atoms with Crippen LogP contribution in [0, 0.1) is 13.8 Å². The lowest BCUT2D eigenvalue weighted by Crippen LogP contribution is -2.08. The maximum atomic E-state index is 4.56. The fraction of sp³-hybridized carbons (Fsp3) is 0.0870. The summed E-state index contributed by atoms with van der Waals surface area (Å²) in [5, 5.41) is 9.84. The summed E-state index contributed by atoms with van der Waals surface area (Å²) in [5.41, 5.74) is 5.06. The molecule has 0 radical (unpaired) electrons. The minimum Gasteiger partial charge on any atom is -0.324 e. The monoisotopic (exact) mass is 382 g/mol. The normalized spacial score (nSPS) is 10.4. The van der Waals surface area contributed by atoms with Crippen LogP contribution in [0.1, 0.15) is 11.1 Å². The van der Waals surface area contributed by atoms with E-state index in [1.165, 1.54) is 0 Å². The molecule has 0 aliphatic heterocycles. The molecule has 1 aromatic heterocycles. The maximum Gasteiger partial charge on any atom is 0.233 e. The molecule has 0 amide bonds. The molecule has 4 aromatic rings. The summed E-state index contributed by atoms with van der Waals surface area (Å²) in [4.78, 5) is 13.7. The molecule has 6 nitrogen and oxygen atoms in total. The standard InChI is InChI=1S/C23H22N6/c1-16-10-9-11-17(2)20(16)26-23-28-21(24-18-12-5-3-6-13-18)27-22(29-23)25-19-14-7-4-8-15-19/h3-15H,1-2H3,(H3,24,25,26,27,28,29). The van der Waals surface area contributed by atoms with Crippen molar-refractivity contribution in [3.63, 3.8) is 0 Å². The minimum atomic E-state index is 0.457. The van der Waals surface area contributed by atoms with Gasteiger partial charge in [-0.3, -0.25) is 0 Å². The molecule has 6 heteroatoms. The first-order valence-corrected chi connectivity index (χ1v) is 9.41. The number of hydrogen-bond donors (Lipinski definition) is 3. The Kier molecular flexibility index (Phi) is 5.33. The van der Waals surface area contributed by atoms with Crippen LogP contribution in [0.3, 0.4) is 0 Å². The first-order chi connectivity index (χ1) is 14.2. The molecule has 0 bridgehead atoms. The quantitative estimate of drug-likeness (QED) is 0.396. The Labute approximate surface area is 170 Å². The molecule has 29 heavy (non-hydrogen) atoms. The smallest absolute Gasteiger partial charge is 0.233 e. The van der Waals surface area contributed by atoms with Crippen molar-refractivity contribution < 1.29 is 0 Å². The summed E-state index contributed by atoms with van der Waals surface area (Å²) >= 11 is 0. The summed E-state index contributed by atoms with van der Waals surface area (Å²) in [7, 11) is 0. The predicted octanol–water partition coefficient (Wildman–Crippen LogP) is 5.72. The summed E-state index contributed by atoms with van der Waals surface area (Å²) in [6, 6.07) is 25.8. The zero-order chi connectivity index (χ0) is 20.1. The van der Waals surface area contributed by atoms with Crippen molar-refractivity contribution in [1.29, 1.82) is 0 Å². The van der Waals surface area contributed by atoms with Gasteiger partial charge < -0.3 is 16.0 Å². The second-order valence-corrected chi connectivity index (χ2v) is 6.68. The Balaban J connectivity index is 1.69. The highest BCUT2D eigenvalue weighted by Gasteiger charge is 2.10. The van der Waals surface area contributed by atoms with Crippen LogP contribution in [-0.2, 0) is 0 Å². The molecule has 1 heterocycles. The van der Waals surface area contributed by atoms with E-state index in [0.29, 0.717) is 17.8 Å². The van der Waals surface area contributed by atoms with E-state index in [0.717, 1.165) is 28.2 Å². The lowest BCUT2D eigenvalue weighted by molar-refractivity contribution is 1.06. The summed E-state index contributed by atoms with van der Waals surface area (Å²) in [6.45, 7) is 4.12. The average Bonchev–Trinajstić information content (AvgIpc) is 2.72. The molecule has 0 aliphatic carbocycles. The molecular formula is C23H22N6. The van der Waals surface area contributed by atoms with Gasteiger partial charge in [-0.05, 0) is 49.2 Å². The minimum absolute atomic E-state index is 0.457. The number of anilines is 6. The number of aryl methyl sites for hydroxylation is 2. The Morgan fingerprint density at radius 1 is 0.483 bits per heavy atom. The van der Waals surface area contributed by atoms with E-state index in [-0.39, 0.29) is 0 Å². The van der Waals surface area contributed by atoms with E-state index in [4.69, 9.17) is 0 Å². The third kappa shape index (κ3) is 4.68. The van der Waals surface area contributed by atoms with Gasteiger partial charge in [0, 0.05) is 17.1 Å². The molecule has 0 saturated heterocycles. The maximum absolute atomic E-state index is 4.56. The van der Waals surface area contributed by atoms with Crippen LogP contribution in [0.5, 0.6) is 0 Å². The third-order valence-electron chi connectivity index (χ3n) is 4.41. The summed E-state index contributed by atoms with van der Waals surface area (Å²) < 4.78 is 0. The van der Waals surface area contributed by atoms with E-state index < -0.39 is 0 Å².